The van der Waals surface area contributed by atoms with Gasteiger partial charge in [0.15, 0.2) is 6.10 Å². The van der Waals surface area contributed by atoms with Gasteiger partial charge in [0.2, 0.25) is 5.91 Å². The summed E-state index contributed by atoms with van der Waals surface area (Å²) in [6, 6.07) is 1.97. The van der Waals surface area contributed by atoms with Crippen LogP contribution >= 0.6 is 38.6 Å². The number of nitrogens with zero attached hydrogens (tertiary/aromatic N) is 2. The number of morpholine rings is 1. The van der Waals surface area contributed by atoms with Crippen molar-refractivity contribution < 1.29 is 14.3 Å². The molecular weight excluding hydrogens is 390 g/mol. The Hall–Kier alpha value is -1.29. The number of aromatic nitrogens is 1. The molecule has 9 heteroatoms. The number of thiophene rings is 1. The Labute approximate surface area is 143 Å². The van der Waals surface area contributed by atoms with E-state index >= 15 is 0 Å². The van der Waals surface area contributed by atoms with Gasteiger partial charge < -0.3 is 15.4 Å². The van der Waals surface area contributed by atoms with E-state index in [0.717, 1.165) is 14.4 Å². The van der Waals surface area contributed by atoms with Crippen molar-refractivity contribution in [3.63, 3.8) is 0 Å². The predicted octanol–water partition coefficient (Wildman–Crippen LogP) is 1.96. The zero-order chi connectivity index (χ0) is 15.7. The fourth-order valence-electron chi connectivity index (χ4n) is 2.08. The normalized spacial score (nSPS) is 18.4. The molecule has 1 saturated heterocycles. The monoisotopic (exact) mass is 401 g/mol. The van der Waals surface area contributed by atoms with E-state index in [2.05, 4.69) is 20.9 Å². The standard InChI is InChI=1S/C13H12BrN3O3S2/c14-7-3-10(21-5-7)12-16-8(6-22-12)13(19)17-1-2-20-9(4-17)11(15)18/h3,5-6,9H,1-2,4H2,(H2,15,18)/t9-/m1/s1. The number of carbonyl (C=O) groups is 2. The Balaban J connectivity index is 1.75. The van der Waals surface area contributed by atoms with Crippen LogP contribution in [0.15, 0.2) is 21.3 Å². The number of hydrogen-bond acceptors (Lipinski definition) is 6. The van der Waals surface area contributed by atoms with Crippen LogP contribution in [0.3, 0.4) is 0 Å². The van der Waals surface area contributed by atoms with Crippen LogP contribution in [0.4, 0.5) is 0 Å². The predicted molar refractivity (Wildman–Crippen MR) is 88.0 cm³/mol. The molecule has 2 aromatic heterocycles. The van der Waals surface area contributed by atoms with Crippen molar-refractivity contribution in [1.29, 1.82) is 0 Å². The first-order valence-corrected chi connectivity index (χ1v) is 9.00. The third kappa shape index (κ3) is 3.22. The molecule has 1 aliphatic heterocycles. The van der Waals surface area contributed by atoms with Gasteiger partial charge in [-0.3, -0.25) is 9.59 Å². The maximum atomic E-state index is 12.5. The minimum Gasteiger partial charge on any atom is -0.367 e. The molecule has 1 fully saturated rings. The van der Waals surface area contributed by atoms with Crippen LogP contribution in [0.5, 0.6) is 0 Å². The Morgan fingerprint density at radius 1 is 1.41 bits per heavy atom. The van der Waals surface area contributed by atoms with Gasteiger partial charge in [0, 0.05) is 21.8 Å². The van der Waals surface area contributed by atoms with E-state index in [0.29, 0.717) is 18.8 Å². The van der Waals surface area contributed by atoms with E-state index in [1.54, 1.807) is 21.6 Å². The highest BCUT2D eigenvalue weighted by Crippen LogP contribution is 2.32. The first-order valence-electron chi connectivity index (χ1n) is 6.44. The smallest absolute Gasteiger partial charge is 0.273 e. The van der Waals surface area contributed by atoms with E-state index < -0.39 is 12.0 Å². The van der Waals surface area contributed by atoms with Crippen molar-refractivity contribution >= 4 is 50.4 Å². The van der Waals surface area contributed by atoms with Crippen LogP contribution in [-0.4, -0.2) is 47.5 Å². The van der Waals surface area contributed by atoms with E-state index in [9.17, 15) is 9.59 Å². The lowest BCUT2D eigenvalue weighted by Gasteiger charge is -2.30. The third-order valence-corrected chi connectivity index (χ3v) is 5.88. The molecule has 0 spiro atoms. The summed E-state index contributed by atoms with van der Waals surface area (Å²) in [6.07, 6.45) is -0.746. The molecule has 3 rings (SSSR count). The number of amides is 2. The van der Waals surface area contributed by atoms with E-state index in [-0.39, 0.29) is 12.5 Å². The number of nitrogens with two attached hydrogens (primary N) is 1. The van der Waals surface area contributed by atoms with Crippen LogP contribution < -0.4 is 5.73 Å². The van der Waals surface area contributed by atoms with Gasteiger partial charge in [0.1, 0.15) is 10.7 Å². The van der Waals surface area contributed by atoms with Gasteiger partial charge in [-0.05, 0) is 22.0 Å². The first-order chi connectivity index (χ1) is 10.5. The van der Waals surface area contributed by atoms with Crippen LogP contribution in [0.2, 0.25) is 0 Å². The Kier molecular flexibility index (Phi) is 4.57. The van der Waals surface area contributed by atoms with Crippen molar-refractivity contribution in [2.24, 2.45) is 5.73 Å². The van der Waals surface area contributed by atoms with Gasteiger partial charge in [0.25, 0.3) is 5.91 Å². The largest absolute Gasteiger partial charge is 0.367 e. The molecule has 0 unspecified atom stereocenters. The van der Waals surface area contributed by atoms with E-state index in [1.165, 1.54) is 11.3 Å². The molecule has 0 aliphatic carbocycles. The molecular formula is C13H12BrN3O3S2. The number of carbonyl (C=O) groups excluding carboxylic acids is 2. The lowest BCUT2D eigenvalue weighted by molar-refractivity contribution is -0.133. The quantitative estimate of drug-likeness (QED) is 0.851. The van der Waals surface area contributed by atoms with E-state index in [1.807, 2.05) is 11.4 Å². The summed E-state index contributed by atoms with van der Waals surface area (Å²) >= 11 is 6.39. The summed E-state index contributed by atoms with van der Waals surface area (Å²) in [4.78, 5) is 30.6. The zero-order valence-corrected chi connectivity index (χ0v) is 14.5. The first kappa shape index (κ1) is 15.6. The number of thiazole rings is 1. The summed E-state index contributed by atoms with van der Waals surface area (Å²) in [5.41, 5.74) is 5.62. The van der Waals surface area contributed by atoms with Crippen LogP contribution in [0, 0.1) is 0 Å². The Morgan fingerprint density at radius 2 is 2.23 bits per heavy atom. The number of rotatable bonds is 3. The summed E-state index contributed by atoms with van der Waals surface area (Å²) < 4.78 is 6.24. The topological polar surface area (TPSA) is 85.5 Å². The lowest BCUT2D eigenvalue weighted by Crippen LogP contribution is -2.50. The van der Waals surface area contributed by atoms with Crippen molar-refractivity contribution in [3.05, 3.63) is 27.0 Å². The molecule has 6 nitrogen and oxygen atoms in total. The van der Waals surface area contributed by atoms with Gasteiger partial charge in [-0.1, -0.05) is 0 Å². The second-order valence-corrected chi connectivity index (χ2v) is 7.37. The number of hydrogen-bond donors (Lipinski definition) is 1. The van der Waals surface area contributed by atoms with Crippen molar-refractivity contribution in [2.45, 2.75) is 6.10 Å². The Bertz CT molecular complexity index is 715. The number of ether oxygens (including phenoxy) is 1. The highest BCUT2D eigenvalue weighted by atomic mass is 79.9. The summed E-state index contributed by atoms with van der Waals surface area (Å²) in [5, 5.41) is 4.51. The molecule has 0 radical (unpaired) electrons. The summed E-state index contributed by atoms with van der Waals surface area (Å²) in [5.74, 6) is -0.757. The van der Waals surface area contributed by atoms with Crippen molar-refractivity contribution in [3.8, 4) is 9.88 Å². The molecule has 1 aliphatic rings. The maximum Gasteiger partial charge on any atom is 0.273 e. The van der Waals surface area contributed by atoms with Crippen LogP contribution in [0.25, 0.3) is 9.88 Å². The number of primary amides is 1. The zero-order valence-electron chi connectivity index (χ0n) is 11.3. The molecule has 22 heavy (non-hydrogen) atoms. The van der Waals surface area contributed by atoms with Crippen molar-refractivity contribution in [1.82, 2.24) is 9.88 Å². The van der Waals surface area contributed by atoms with Gasteiger partial charge in [-0.15, -0.1) is 22.7 Å². The van der Waals surface area contributed by atoms with Crippen LogP contribution in [0.1, 0.15) is 10.5 Å². The Morgan fingerprint density at radius 3 is 2.91 bits per heavy atom. The lowest BCUT2D eigenvalue weighted by atomic mass is 10.2. The molecule has 2 aromatic rings. The minimum atomic E-state index is -0.746. The van der Waals surface area contributed by atoms with Gasteiger partial charge >= 0.3 is 0 Å². The van der Waals surface area contributed by atoms with Gasteiger partial charge in [0.05, 0.1) is 18.0 Å². The SMILES string of the molecule is NC(=O)[C@H]1CN(C(=O)c2csc(-c3cc(Br)cs3)n2)CCO1. The summed E-state index contributed by atoms with van der Waals surface area (Å²) in [7, 11) is 0. The fraction of sp³-hybridized carbons (Fsp3) is 0.308. The maximum absolute atomic E-state index is 12.5. The molecule has 2 amide bonds. The highest BCUT2D eigenvalue weighted by Gasteiger charge is 2.29. The number of halogens is 1. The third-order valence-electron chi connectivity index (χ3n) is 3.17. The molecule has 2 N–H and O–H groups in total. The summed E-state index contributed by atoms with van der Waals surface area (Å²) in [6.45, 7) is 0.903. The molecule has 0 aromatic carbocycles. The molecule has 3 heterocycles. The molecule has 116 valence electrons. The van der Waals surface area contributed by atoms with Crippen LogP contribution in [-0.2, 0) is 9.53 Å². The second kappa shape index (κ2) is 6.45. The molecule has 0 saturated carbocycles. The minimum absolute atomic E-state index is 0.172. The van der Waals surface area contributed by atoms with E-state index in [4.69, 9.17) is 10.5 Å². The molecule has 0 bridgehead atoms. The average Bonchev–Trinajstić information content (AvgIpc) is 3.15. The second-order valence-electron chi connectivity index (χ2n) is 4.68. The van der Waals surface area contributed by atoms with Crippen molar-refractivity contribution in [2.75, 3.05) is 19.7 Å². The average molecular weight is 402 g/mol. The highest BCUT2D eigenvalue weighted by molar-refractivity contribution is 9.10. The van der Waals surface area contributed by atoms with Gasteiger partial charge in [-0.2, -0.15) is 0 Å². The molecule has 1 atom stereocenters. The fourth-order valence-corrected chi connectivity index (χ4v) is 4.38. The van der Waals surface area contributed by atoms with Gasteiger partial charge in [-0.25, -0.2) is 4.98 Å².